The number of halogens is 2. The number of ether oxygens (including phenoxy) is 1. The molecule has 104 valence electrons. The number of anilines is 1. The van der Waals surface area contributed by atoms with E-state index in [0.717, 1.165) is 6.07 Å². The monoisotopic (exact) mass is 277 g/mol. The number of nitrogens with two attached hydrogens (primary N) is 1. The summed E-state index contributed by atoms with van der Waals surface area (Å²) in [6.07, 6.45) is 0. The Kier molecular flexibility index (Phi) is 3.98. The van der Waals surface area contributed by atoms with E-state index in [4.69, 9.17) is 10.5 Å². The first kappa shape index (κ1) is 14.0. The molecule has 2 aromatic carbocycles. The molecule has 3 nitrogen and oxygen atoms in total. The quantitative estimate of drug-likeness (QED) is 0.692. The van der Waals surface area contributed by atoms with Gasteiger partial charge in [0.15, 0.2) is 0 Å². The molecule has 0 saturated heterocycles. The maximum atomic E-state index is 13.5. The number of esters is 1. The SMILES string of the molecule is Cc1cc(F)ccc1COC(=O)c1cc(N)ccc1F. The fraction of sp³-hybridized carbons (Fsp3) is 0.133. The molecule has 5 heteroatoms. The highest BCUT2D eigenvalue weighted by Crippen LogP contribution is 2.16. The average Bonchev–Trinajstić information content (AvgIpc) is 2.40. The van der Waals surface area contributed by atoms with Crippen molar-refractivity contribution in [3.8, 4) is 0 Å². The lowest BCUT2D eigenvalue weighted by Crippen LogP contribution is -2.09. The Bertz CT molecular complexity index is 656. The highest BCUT2D eigenvalue weighted by Gasteiger charge is 2.14. The van der Waals surface area contributed by atoms with Crippen molar-refractivity contribution in [2.45, 2.75) is 13.5 Å². The third-order valence-corrected chi connectivity index (χ3v) is 2.87. The molecule has 0 amide bonds. The molecule has 0 radical (unpaired) electrons. The summed E-state index contributed by atoms with van der Waals surface area (Å²) in [6.45, 7) is 1.65. The predicted octanol–water partition coefficient (Wildman–Crippen LogP) is 3.21. The van der Waals surface area contributed by atoms with E-state index in [2.05, 4.69) is 0 Å². The molecule has 0 fully saturated rings. The Morgan fingerprint density at radius 2 is 1.95 bits per heavy atom. The minimum Gasteiger partial charge on any atom is -0.457 e. The molecule has 0 unspecified atom stereocenters. The third-order valence-electron chi connectivity index (χ3n) is 2.87. The molecule has 20 heavy (non-hydrogen) atoms. The molecule has 2 rings (SSSR count). The summed E-state index contributed by atoms with van der Waals surface area (Å²) in [5.41, 5.74) is 6.87. The number of rotatable bonds is 3. The number of carbonyl (C=O) groups is 1. The molecule has 2 N–H and O–H groups in total. The highest BCUT2D eigenvalue weighted by atomic mass is 19.1. The summed E-state index contributed by atoms with van der Waals surface area (Å²) in [6, 6.07) is 7.82. The van der Waals surface area contributed by atoms with Crippen molar-refractivity contribution in [2.75, 3.05) is 5.73 Å². The standard InChI is InChI=1S/C15H13F2NO2/c1-9-6-11(16)3-2-10(9)8-20-15(19)13-7-12(18)4-5-14(13)17/h2-7H,8,18H2,1H3. The van der Waals surface area contributed by atoms with Crippen LogP contribution in [0.5, 0.6) is 0 Å². The van der Waals surface area contributed by atoms with Crippen LogP contribution >= 0.6 is 0 Å². The Balaban J connectivity index is 2.10. The molecule has 0 aliphatic rings. The molecule has 0 heterocycles. The van der Waals surface area contributed by atoms with Gasteiger partial charge >= 0.3 is 5.97 Å². The van der Waals surface area contributed by atoms with Crippen molar-refractivity contribution in [3.05, 3.63) is 64.7 Å². The number of benzene rings is 2. The maximum Gasteiger partial charge on any atom is 0.341 e. The number of hydrogen-bond donors (Lipinski definition) is 1. The van der Waals surface area contributed by atoms with Gasteiger partial charge < -0.3 is 10.5 Å². The minimum atomic E-state index is -0.807. The maximum absolute atomic E-state index is 13.5. The van der Waals surface area contributed by atoms with Gasteiger partial charge in [-0.05, 0) is 48.4 Å². The van der Waals surface area contributed by atoms with Crippen molar-refractivity contribution in [3.63, 3.8) is 0 Å². The zero-order valence-corrected chi connectivity index (χ0v) is 10.8. The number of hydrogen-bond acceptors (Lipinski definition) is 3. The van der Waals surface area contributed by atoms with E-state index < -0.39 is 11.8 Å². The fourth-order valence-corrected chi connectivity index (χ4v) is 1.74. The first-order chi connectivity index (χ1) is 9.47. The second kappa shape index (κ2) is 5.69. The molecule has 0 aliphatic carbocycles. The lowest BCUT2D eigenvalue weighted by molar-refractivity contribution is 0.0467. The van der Waals surface area contributed by atoms with E-state index in [1.54, 1.807) is 6.92 Å². The second-order valence-electron chi connectivity index (χ2n) is 4.39. The van der Waals surface area contributed by atoms with Gasteiger partial charge in [-0.3, -0.25) is 0 Å². The Labute approximate surface area is 115 Å². The van der Waals surface area contributed by atoms with Crippen molar-refractivity contribution < 1.29 is 18.3 Å². The zero-order chi connectivity index (χ0) is 14.7. The van der Waals surface area contributed by atoms with Crippen LogP contribution in [0.3, 0.4) is 0 Å². The predicted molar refractivity (Wildman–Crippen MR) is 71.1 cm³/mol. The van der Waals surface area contributed by atoms with E-state index in [1.165, 1.54) is 30.3 Å². The number of carbonyl (C=O) groups excluding carboxylic acids is 1. The van der Waals surface area contributed by atoms with E-state index in [1.807, 2.05) is 0 Å². The molecule has 0 saturated carbocycles. The van der Waals surface area contributed by atoms with Gasteiger partial charge in [-0.2, -0.15) is 0 Å². The van der Waals surface area contributed by atoms with Gasteiger partial charge in [0.25, 0.3) is 0 Å². The molecule has 0 aliphatic heterocycles. The van der Waals surface area contributed by atoms with Crippen molar-refractivity contribution in [1.29, 1.82) is 0 Å². The van der Waals surface area contributed by atoms with E-state index in [9.17, 15) is 13.6 Å². The summed E-state index contributed by atoms with van der Waals surface area (Å²) in [7, 11) is 0. The van der Waals surface area contributed by atoms with Gasteiger partial charge in [0.05, 0.1) is 5.56 Å². The van der Waals surface area contributed by atoms with Crippen LogP contribution in [0.4, 0.5) is 14.5 Å². The lowest BCUT2D eigenvalue weighted by Gasteiger charge is -2.08. The smallest absolute Gasteiger partial charge is 0.341 e. The Hall–Kier alpha value is -2.43. The van der Waals surface area contributed by atoms with Crippen molar-refractivity contribution >= 4 is 11.7 Å². The number of nitrogen functional groups attached to an aromatic ring is 1. The van der Waals surface area contributed by atoms with Crippen LogP contribution in [-0.2, 0) is 11.3 Å². The Morgan fingerprint density at radius 1 is 1.20 bits per heavy atom. The van der Waals surface area contributed by atoms with E-state index in [-0.39, 0.29) is 23.7 Å². The largest absolute Gasteiger partial charge is 0.457 e. The van der Waals surface area contributed by atoms with E-state index >= 15 is 0 Å². The molecular formula is C15H13F2NO2. The molecule has 0 spiro atoms. The van der Waals surface area contributed by atoms with Crippen LogP contribution in [0.15, 0.2) is 36.4 Å². The number of aryl methyl sites for hydroxylation is 1. The summed E-state index contributed by atoms with van der Waals surface area (Å²) >= 11 is 0. The molecule has 0 atom stereocenters. The molecule has 2 aromatic rings. The average molecular weight is 277 g/mol. The summed E-state index contributed by atoms with van der Waals surface area (Å²) in [4.78, 5) is 11.8. The first-order valence-electron chi connectivity index (χ1n) is 5.94. The summed E-state index contributed by atoms with van der Waals surface area (Å²) in [5, 5.41) is 0. The van der Waals surface area contributed by atoms with Crippen LogP contribution in [0, 0.1) is 18.6 Å². The Morgan fingerprint density at radius 3 is 2.65 bits per heavy atom. The van der Waals surface area contributed by atoms with Crippen LogP contribution in [-0.4, -0.2) is 5.97 Å². The second-order valence-corrected chi connectivity index (χ2v) is 4.39. The van der Waals surface area contributed by atoms with Crippen LogP contribution in [0.2, 0.25) is 0 Å². The highest BCUT2D eigenvalue weighted by molar-refractivity contribution is 5.90. The van der Waals surface area contributed by atoms with Gasteiger partial charge in [0.1, 0.15) is 18.2 Å². The van der Waals surface area contributed by atoms with Crippen LogP contribution in [0.25, 0.3) is 0 Å². The van der Waals surface area contributed by atoms with Crippen LogP contribution in [0.1, 0.15) is 21.5 Å². The topological polar surface area (TPSA) is 52.3 Å². The molecule has 0 aromatic heterocycles. The van der Waals surface area contributed by atoms with Gasteiger partial charge in [-0.1, -0.05) is 6.07 Å². The minimum absolute atomic E-state index is 0.0564. The lowest BCUT2D eigenvalue weighted by atomic mass is 10.1. The van der Waals surface area contributed by atoms with Gasteiger partial charge in [-0.15, -0.1) is 0 Å². The van der Waals surface area contributed by atoms with Crippen molar-refractivity contribution in [1.82, 2.24) is 0 Å². The van der Waals surface area contributed by atoms with Crippen LogP contribution < -0.4 is 5.73 Å². The van der Waals surface area contributed by atoms with Gasteiger partial charge in [0, 0.05) is 5.69 Å². The summed E-state index contributed by atoms with van der Waals surface area (Å²) in [5.74, 6) is -1.86. The molecular weight excluding hydrogens is 264 g/mol. The molecule has 0 bridgehead atoms. The normalized spacial score (nSPS) is 10.3. The first-order valence-corrected chi connectivity index (χ1v) is 5.94. The fourth-order valence-electron chi connectivity index (χ4n) is 1.74. The van der Waals surface area contributed by atoms with Crippen molar-refractivity contribution in [2.24, 2.45) is 0 Å². The zero-order valence-electron chi connectivity index (χ0n) is 10.8. The van der Waals surface area contributed by atoms with E-state index in [0.29, 0.717) is 11.1 Å². The third kappa shape index (κ3) is 3.12. The van der Waals surface area contributed by atoms with Gasteiger partial charge in [-0.25, -0.2) is 13.6 Å². The summed E-state index contributed by atoms with van der Waals surface area (Å²) < 4.78 is 31.4. The van der Waals surface area contributed by atoms with Gasteiger partial charge in [0.2, 0.25) is 0 Å².